The molecule has 0 aliphatic rings. The van der Waals surface area contributed by atoms with Crippen LogP contribution in [0, 0.1) is 17.2 Å². The molecule has 1 rings (SSSR count). The number of hydrogen-bond acceptors (Lipinski definition) is 4. The van der Waals surface area contributed by atoms with Gasteiger partial charge in [0.15, 0.2) is 11.5 Å². The molecule has 1 N–H and O–H groups in total. The van der Waals surface area contributed by atoms with E-state index >= 15 is 0 Å². The topological polar surface area (TPSA) is 54.3 Å². The Morgan fingerprint density at radius 2 is 1.86 bits per heavy atom. The maximum atomic E-state index is 9.96. The second kappa shape index (κ2) is 7.33. The molecule has 0 amide bonds. The van der Waals surface area contributed by atoms with E-state index in [0.29, 0.717) is 11.5 Å². The Balaban J connectivity index is 3.50. The van der Waals surface area contributed by atoms with Crippen LogP contribution >= 0.6 is 0 Å². The van der Waals surface area contributed by atoms with Gasteiger partial charge in [-0.2, -0.15) is 5.26 Å². The average molecular weight is 290 g/mol. The highest BCUT2D eigenvalue weighted by molar-refractivity contribution is 5.48. The summed E-state index contributed by atoms with van der Waals surface area (Å²) in [6.07, 6.45) is 0.872. The lowest BCUT2D eigenvalue weighted by molar-refractivity contribution is 0.284. The van der Waals surface area contributed by atoms with Crippen LogP contribution in [0.3, 0.4) is 0 Å². The molecular formula is C17H26N2O2. The van der Waals surface area contributed by atoms with E-state index in [-0.39, 0.29) is 12.0 Å². The minimum Gasteiger partial charge on any atom is -0.493 e. The maximum Gasteiger partial charge on any atom is 0.161 e. The Hall–Kier alpha value is -1.73. The number of nitriles is 1. The van der Waals surface area contributed by atoms with Gasteiger partial charge in [-0.1, -0.05) is 26.8 Å². The van der Waals surface area contributed by atoms with Crippen molar-refractivity contribution in [2.75, 3.05) is 21.3 Å². The molecule has 116 valence electrons. The fraction of sp³-hybridized carbons (Fsp3) is 0.588. The predicted octanol–water partition coefficient (Wildman–Crippen LogP) is 3.12. The first-order chi connectivity index (χ1) is 10.0. The molecule has 0 saturated carbocycles. The Bertz CT molecular complexity index is 504. The van der Waals surface area contributed by atoms with Gasteiger partial charge in [0.05, 0.1) is 25.7 Å². The summed E-state index contributed by atoms with van der Waals surface area (Å²) in [5, 5.41) is 13.3. The number of methoxy groups -OCH3 is 2. The van der Waals surface area contributed by atoms with Gasteiger partial charge in [0.2, 0.25) is 0 Å². The summed E-state index contributed by atoms with van der Waals surface area (Å²) >= 11 is 0. The van der Waals surface area contributed by atoms with E-state index in [1.165, 1.54) is 0 Å². The Morgan fingerprint density at radius 1 is 1.24 bits per heavy atom. The second-order valence-electron chi connectivity index (χ2n) is 5.45. The van der Waals surface area contributed by atoms with Crippen molar-refractivity contribution < 1.29 is 9.47 Å². The molecule has 1 aromatic carbocycles. The average Bonchev–Trinajstić information content (AvgIpc) is 2.51. The first kappa shape index (κ1) is 17.3. The molecule has 4 nitrogen and oxygen atoms in total. The van der Waals surface area contributed by atoms with Crippen LogP contribution in [-0.2, 0) is 5.41 Å². The van der Waals surface area contributed by atoms with Gasteiger partial charge < -0.3 is 14.8 Å². The largest absolute Gasteiger partial charge is 0.493 e. The number of benzene rings is 1. The Morgan fingerprint density at radius 3 is 2.24 bits per heavy atom. The van der Waals surface area contributed by atoms with Crippen LogP contribution in [-0.4, -0.2) is 27.3 Å². The zero-order valence-corrected chi connectivity index (χ0v) is 13.9. The smallest absolute Gasteiger partial charge is 0.161 e. The lowest BCUT2D eigenvalue weighted by Crippen LogP contribution is -2.49. The zero-order valence-electron chi connectivity index (χ0n) is 13.9. The van der Waals surface area contributed by atoms with Crippen molar-refractivity contribution in [2.24, 2.45) is 5.92 Å². The first-order valence-electron chi connectivity index (χ1n) is 7.32. The van der Waals surface area contributed by atoms with Crippen LogP contribution < -0.4 is 14.8 Å². The lowest BCUT2D eigenvalue weighted by Gasteiger charge is -2.38. The summed E-state index contributed by atoms with van der Waals surface area (Å²) < 4.78 is 10.7. The highest BCUT2D eigenvalue weighted by Gasteiger charge is 2.42. The molecule has 0 aliphatic carbocycles. The van der Waals surface area contributed by atoms with Crippen LogP contribution in [0.4, 0.5) is 0 Å². The molecule has 2 unspecified atom stereocenters. The van der Waals surface area contributed by atoms with Crippen LogP contribution in [0.2, 0.25) is 0 Å². The molecule has 0 aromatic heterocycles. The molecule has 0 saturated heterocycles. The predicted molar refractivity (Wildman–Crippen MR) is 84.8 cm³/mol. The maximum absolute atomic E-state index is 9.96. The molecule has 0 heterocycles. The SMILES string of the molecule is CCC(NC)C(C#N)(c1ccc(OC)c(OC)c1)C(C)C. The van der Waals surface area contributed by atoms with E-state index in [1.54, 1.807) is 14.2 Å². The van der Waals surface area contributed by atoms with Crippen molar-refractivity contribution in [3.8, 4) is 17.6 Å². The third-order valence-corrected chi connectivity index (χ3v) is 4.26. The third kappa shape index (κ3) is 2.98. The first-order valence-corrected chi connectivity index (χ1v) is 7.32. The van der Waals surface area contributed by atoms with Gasteiger partial charge >= 0.3 is 0 Å². The molecule has 1 aromatic rings. The monoisotopic (exact) mass is 290 g/mol. The van der Waals surface area contributed by atoms with Crippen molar-refractivity contribution in [1.29, 1.82) is 5.26 Å². The van der Waals surface area contributed by atoms with E-state index in [0.717, 1.165) is 12.0 Å². The Labute approximate surface area is 128 Å². The molecular weight excluding hydrogens is 264 g/mol. The van der Waals surface area contributed by atoms with Gasteiger partial charge in [-0.25, -0.2) is 0 Å². The van der Waals surface area contributed by atoms with Crippen molar-refractivity contribution in [3.63, 3.8) is 0 Å². The molecule has 0 aliphatic heterocycles. The summed E-state index contributed by atoms with van der Waals surface area (Å²) in [7, 11) is 5.13. The molecule has 21 heavy (non-hydrogen) atoms. The van der Waals surface area contributed by atoms with E-state index < -0.39 is 5.41 Å². The highest BCUT2D eigenvalue weighted by Crippen LogP contribution is 2.40. The van der Waals surface area contributed by atoms with Gasteiger partial charge in [-0.3, -0.25) is 0 Å². The van der Waals surface area contributed by atoms with E-state index in [4.69, 9.17) is 9.47 Å². The van der Waals surface area contributed by atoms with Crippen molar-refractivity contribution in [3.05, 3.63) is 23.8 Å². The number of hydrogen-bond donors (Lipinski definition) is 1. The van der Waals surface area contributed by atoms with Crippen LogP contribution in [0.1, 0.15) is 32.8 Å². The summed E-state index contributed by atoms with van der Waals surface area (Å²) in [4.78, 5) is 0. The molecule has 0 bridgehead atoms. The fourth-order valence-electron chi connectivity index (χ4n) is 3.06. The van der Waals surface area contributed by atoms with Crippen molar-refractivity contribution in [2.45, 2.75) is 38.6 Å². The molecule has 2 atom stereocenters. The fourth-order valence-corrected chi connectivity index (χ4v) is 3.06. The Kier molecular flexibility index (Phi) is 6.04. The molecule has 0 fully saturated rings. The minimum absolute atomic E-state index is 0.0700. The molecule has 0 radical (unpaired) electrons. The van der Waals surface area contributed by atoms with Crippen LogP contribution in [0.15, 0.2) is 18.2 Å². The standard InChI is InChI=1S/C17H26N2O2/c1-7-16(19-4)17(11-18,12(2)3)13-8-9-14(20-5)15(10-13)21-6/h8-10,12,16,19H,7H2,1-6H3. The van der Waals surface area contributed by atoms with Gasteiger partial charge in [0.1, 0.15) is 0 Å². The van der Waals surface area contributed by atoms with Gasteiger partial charge in [-0.15, -0.1) is 0 Å². The van der Waals surface area contributed by atoms with E-state index in [9.17, 15) is 5.26 Å². The van der Waals surface area contributed by atoms with Crippen LogP contribution in [0.5, 0.6) is 11.5 Å². The molecule has 0 spiro atoms. The number of likely N-dealkylation sites (N-methyl/N-ethyl adjacent to an activating group) is 1. The van der Waals surface area contributed by atoms with Gasteiger partial charge in [-0.05, 0) is 37.1 Å². The van der Waals surface area contributed by atoms with E-state index in [2.05, 4.69) is 32.2 Å². The summed E-state index contributed by atoms with van der Waals surface area (Å²) in [5.74, 6) is 1.49. The minimum atomic E-state index is -0.608. The van der Waals surface area contributed by atoms with Crippen molar-refractivity contribution in [1.82, 2.24) is 5.32 Å². The molecule has 4 heteroatoms. The van der Waals surface area contributed by atoms with Gasteiger partial charge in [0.25, 0.3) is 0 Å². The van der Waals surface area contributed by atoms with Crippen molar-refractivity contribution >= 4 is 0 Å². The van der Waals surface area contributed by atoms with E-state index in [1.807, 2.05) is 25.2 Å². The zero-order chi connectivity index (χ0) is 16.0. The number of nitrogens with zero attached hydrogens (tertiary/aromatic N) is 1. The third-order valence-electron chi connectivity index (χ3n) is 4.26. The highest BCUT2D eigenvalue weighted by atomic mass is 16.5. The number of ether oxygens (including phenoxy) is 2. The van der Waals surface area contributed by atoms with Gasteiger partial charge in [0, 0.05) is 6.04 Å². The summed E-state index contributed by atoms with van der Waals surface area (Å²) in [5.41, 5.74) is 0.349. The quantitative estimate of drug-likeness (QED) is 0.838. The number of rotatable bonds is 7. The number of nitrogens with one attached hydrogen (secondary N) is 1. The summed E-state index contributed by atoms with van der Waals surface area (Å²) in [6, 6.07) is 8.38. The second-order valence-corrected chi connectivity index (χ2v) is 5.45. The summed E-state index contributed by atoms with van der Waals surface area (Å²) in [6.45, 7) is 6.26. The normalized spacial score (nSPS) is 15.1. The van der Waals surface area contributed by atoms with Crippen LogP contribution in [0.25, 0.3) is 0 Å². The lowest BCUT2D eigenvalue weighted by atomic mass is 9.67.